The van der Waals surface area contributed by atoms with Crippen LogP contribution in [-0.2, 0) is 33.6 Å². The number of amides is 4. The lowest BCUT2D eigenvalue weighted by Crippen LogP contribution is -2.57. The zero-order valence-corrected chi connectivity index (χ0v) is 17.6. The first-order chi connectivity index (χ1) is 15.3. The minimum Gasteiger partial charge on any atom is -0.481 e. The van der Waals surface area contributed by atoms with Gasteiger partial charge in [-0.3, -0.25) is 28.8 Å². The van der Waals surface area contributed by atoms with Crippen molar-refractivity contribution in [3.8, 4) is 0 Å². The van der Waals surface area contributed by atoms with Gasteiger partial charge < -0.3 is 42.3 Å². The highest BCUT2D eigenvalue weighted by molar-refractivity contribution is 5.96. The standard InChI is InChI=1S/C18H27N5O10/c19-8(3-4-12(20)24)15(29)21-9(6-13(25)26)17(31)23-5-1-2-11(23)16(30)22-10(18(32)33)7-14(27)28/h8-11H,1-7,19H2,(H2,20,24)(H,21,29)(H,22,30)(H,25,26)(H,27,28)(H,32,33). The molecule has 0 saturated carbocycles. The summed E-state index contributed by atoms with van der Waals surface area (Å²) in [5.74, 6) is -7.90. The molecule has 15 nitrogen and oxygen atoms in total. The van der Waals surface area contributed by atoms with Crippen molar-refractivity contribution in [2.75, 3.05) is 6.54 Å². The van der Waals surface area contributed by atoms with Crippen molar-refractivity contribution in [1.82, 2.24) is 15.5 Å². The van der Waals surface area contributed by atoms with Gasteiger partial charge in [-0.15, -0.1) is 0 Å². The second-order valence-electron chi connectivity index (χ2n) is 7.46. The smallest absolute Gasteiger partial charge is 0.326 e. The van der Waals surface area contributed by atoms with Crippen molar-refractivity contribution < 1.29 is 48.9 Å². The van der Waals surface area contributed by atoms with Crippen LogP contribution < -0.4 is 22.1 Å². The molecular weight excluding hydrogens is 446 g/mol. The van der Waals surface area contributed by atoms with Gasteiger partial charge in [-0.25, -0.2) is 4.79 Å². The number of nitrogens with one attached hydrogen (secondary N) is 2. The molecule has 0 radical (unpaired) electrons. The number of rotatable bonds is 13. The molecule has 1 rings (SSSR count). The van der Waals surface area contributed by atoms with E-state index in [2.05, 4.69) is 10.6 Å². The van der Waals surface area contributed by atoms with Crippen LogP contribution in [0.25, 0.3) is 0 Å². The maximum atomic E-state index is 13.0. The molecule has 0 aromatic heterocycles. The van der Waals surface area contributed by atoms with E-state index in [9.17, 15) is 33.6 Å². The van der Waals surface area contributed by atoms with Crippen molar-refractivity contribution in [3.63, 3.8) is 0 Å². The zero-order valence-electron chi connectivity index (χ0n) is 17.6. The van der Waals surface area contributed by atoms with Crippen LogP contribution in [0.15, 0.2) is 0 Å². The second kappa shape index (κ2) is 12.3. The van der Waals surface area contributed by atoms with Crippen molar-refractivity contribution in [3.05, 3.63) is 0 Å². The molecule has 0 aliphatic carbocycles. The zero-order chi connectivity index (χ0) is 25.3. The first-order valence-corrected chi connectivity index (χ1v) is 9.95. The summed E-state index contributed by atoms with van der Waals surface area (Å²) in [6, 6.07) is -5.75. The quantitative estimate of drug-likeness (QED) is 0.138. The van der Waals surface area contributed by atoms with Crippen molar-refractivity contribution >= 4 is 41.5 Å². The van der Waals surface area contributed by atoms with E-state index >= 15 is 0 Å². The Morgan fingerprint density at radius 2 is 1.52 bits per heavy atom. The molecule has 1 fully saturated rings. The summed E-state index contributed by atoms with van der Waals surface area (Å²) in [4.78, 5) is 82.8. The fraction of sp³-hybridized carbons (Fsp3) is 0.611. The maximum absolute atomic E-state index is 13.0. The largest absolute Gasteiger partial charge is 0.481 e. The van der Waals surface area contributed by atoms with Gasteiger partial charge in [0.15, 0.2) is 0 Å². The Hall–Kier alpha value is -3.75. The molecule has 1 aliphatic heterocycles. The van der Waals surface area contributed by atoms with Crippen LogP contribution in [-0.4, -0.2) is 92.5 Å². The summed E-state index contributed by atoms with van der Waals surface area (Å²) in [7, 11) is 0. The average Bonchev–Trinajstić information content (AvgIpc) is 3.19. The third kappa shape index (κ3) is 8.72. The minimum absolute atomic E-state index is 0.0211. The highest BCUT2D eigenvalue weighted by Crippen LogP contribution is 2.20. The molecule has 1 aliphatic rings. The molecule has 0 bridgehead atoms. The van der Waals surface area contributed by atoms with Gasteiger partial charge in [-0.1, -0.05) is 0 Å². The first-order valence-electron chi connectivity index (χ1n) is 9.95. The number of hydrogen-bond acceptors (Lipinski definition) is 8. The van der Waals surface area contributed by atoms with Crippen LogP contribution in [0.2, 0.25) is 0 Å². The van der Waals surface area contributed by atoms with E-state index in [0.717, 1.165) is 4.90 Å². The summed E-state index contributed by atoms with van der Waals surface area (Å²) in [6.45, 7) is 0.0211. The normalized spacial score (nSPS) is 18.0. The molecule has 184 valence electrons. The molecule has 0 aromatic rings. The summed E-state index contributed by atoms with van der Waals surface area (Å²) in [5, 5.41) is 31.3. The van der Waals surface area contributed by atoms with Crippen molar-refractivity contribution in [2.45, 2.75) is 62.7 Å². The molecule has 1 saturated heterocycles. The highest BCUT2D eigenvalue weighted by atomic mass is 16.4. The van der Waals surface area contributed by atoms with Crippen LogP contribution in [0.5, 0.6) is 0 Å². The number of nitrogens with two attached hydrogens (primary N) is 2. The number of carbonyl (C=O) groups excluding carboxylic acids is 4. The summed E-state index contributed by atoms with van der Waals surface area (Å²) >= 11 is 0. The molecule has 4 amide bonds. The average molecular weight is 473 g/mol. The highest BCUT2D eigenvalue weighted by Gasteiger charge is 2.40. The number of nitrogens with zero attached hydrogens (tertiary/aromatic N) is 1. The third-order valence-corrected chi connectivity index (χ3v) is 4.86. The third-order valence-electron chi connectivity index (χ3n) is 4.86. The van der Waals surface area contributed by atoms with Crippen LogP contribution in [0.1, 0.15) is 38.5 Å². The molecule has 15 heteroatoms. The number of aliphatic carboxylic acids is 3. The molecule has 9 N–H and O–H groups in total. The molecule has 0 aromatic carbocycles. The van der Waals surface area contributed by atoms with Crippen LogP contribution >= 0.6 is 0 Å². The SMILES string of the molecule is NC(=O)CCC(N)C(=O)NC(CC(=O)O)C(=O)N1CCCC1C(=O)NC(CC(=O)O)C(=O)O. The Labute approximate surface area is 187 Å². The topological polar surface area (TPSA) is 260 Å². The van der Waals surface area contributed by atoms with E-state index in [-0.39, 0.29) is 25.8 Å². The van der Waals surface area contributed by atoms with Crippen LogP contribution in [0, 0.1) is 0 Å². The van der Waals surface area contributed by atoms with Crippen molar-refractivity contribution in [1.29, 1.82) is 0 Å². The lowest BCUT2D eigenvalue weighted by atomic mass is 10.1. The Morgan fingerprint density at radius 1 is 0.939 bits per heavy atom. The van der Waals surface area contributed by atoms with Crippen molar-refractivity contribution in [2.24, 2.45) is 11.5 Å². The number of carboxylic acids is 3. The molecule has 4 unspecified atom stereocenters. The van der Waals surface area contributed by atoms with Gasteiger partial charge >= 0.3 is 17.9 Å². The fourth-order valence-electron chi connectivity index (χ4n) is 3.23. The molecular formula is C18H27N5O10. The minimum atomic E-state index is -1.73. The predicted octanol–water partition coefficient (Wildman–Crippen LogP) is -3.43. The Bertz CT molecular complexity index is 816. The van der Waals surface area contributed by atoms with E-state index in [1.54, 1.807) is 0 Å². The summed E-state index contributed by atoms with van der Waals surface area (Å²) in [6.07, 6.45) is -1.61. The molecule has 4 atom stereocenters. The number of carbonyl (C=O) groups is 7. The molecule has 0 spiro atoms. The lowest BCUT2D eigenvalue weighted by molar-refractivity contribution is -0.149. The molecule has 33 heavy (non-hydrogen) atoms. The number of hydrogen-bond donors (Lipinski definition) is 7. The number of carboxylic acid groups (broad SMARTS) is 3. The van der Waals surface area contributed by atoms with E-state index in [1.807, 2.05) is 0 Å². The van der Waals surface area contributed by atoms with Crippen LogP contribution in [0.3, 0.4) is 0 Å². The van der Waals surface area contributed by atoms with Gasteiger partial charge in [0.2, 0.25) is 23.6 Å². The van der Waals surface area contributed by atoms with Gasteiger partial charge in [-0.2, -0.15) is 0 Å². The van der Waals surface area contributed by atoms with Gasteiger partial charge in [0.25, 0.3) is 0 Å². The Balaban J connectivity index is 2.95. The fourth-order valence-corrected chi connectivity index (χ4v) is 3.23. The number of primary amides is 1. The molecule has 1 heterocycles. The Kier molecular flexibility index (Phi) is 10.2. The first kappa shape index (κ1) is 27.3. The maximum Gasteiger partial charge on any atom is 0.326 e. The van der Waals surface area contributed by atoms with E-state index in [0.29, 0.717) is 6.42 Å². The summed E-state index contributed by atoms with van der Waals surface area (Å²) < 4.78 is 0. The summed E-state index contributed by atoms with van der Waals surface area (Å²) in [5.41, 5.74) is 10.6. The number of likely N-dealkylation sites (tertiary alicyclic amines) is 1. The van der Waals surface area contributed by atoms with E-state index < -0.39 is 78.5 Å². The van der Waals surface area contributed by atoms with Gasteiger partial charge in [-0.05, 0) is 19.3 Å². The lowest BCUT2D eigenvalue weighted by Gasteiger charge is -2.29. The van der Waals surface area contributed by atoms with Crippen LogP contribution in [0.4, 0.5) is 0 Å². The Morgan fingerprint density at radius 3 is 2.03 bits per heavy atom. The van der Waals surface area contributed by atoms with Gasteiger partial charge in [0, 0.05) is 13.0 Å². The monoisotopic (exact) mass is 473 g/mol. The van der Waals surface area contributed by atoms with E-state index in [1.165, 1.54) is 0 Å². The van der Waals surface area contributed by atoms with Gasteiger partial charge in [0.1, 0.15) is 18.1 Å². The van der Waals surface area contributed by atoms with Gasteiger partial charge in [0.05, 0.1) is 18.9 Å². The predicted molar refractivity (Wildman–Crippen MR) is 107 cm³/mol. The van der Waals surface area contributed by atoms with E-state index in [4.69, 9.17) is 26.8 Å². The second-order valence-corrected chi connectivity index (χ2v) is 7.46.